The molecule has 1 amide bonds. The summed E-state index contributed by atoms with van der Waals surface area (Å²) < 4.78 is 5.10. The summed E-state index contributed by atoms with van der Waals surface area (Å²) in [5, 5.41) is 9.64. The number of hydrogen-bond donors (Lipinski definition) is 3. The van der Waals surface area contributed by atoms with Crippen molar-refractivity contribution < 1.29 is 9.53 Å². The molecule has 0 saturated carbocycles. The second-order valence-corrected chi connectivity index (χ2v) is 4.40. The smallest absolute Gasteiger partial charge is 0.259 e. The average Bonchev–Trinajstić information content (AvgIpc) is 2.86. The van der Waals surface area contributed by atoms with Gasteiger partial charge in [-0.05, 0) is 18.6 Å². The molecular formula is C14H18N4O2. The van der Waals surface area contributed by atoms with E-state index in [9.17, 15) is 4.79 Å². The third-order valence-electron chi connectivity index (χ3n) is 2.92. The predicted molar refractivity (Wildman–Crippen MR) is 77.9 cm³/mol. The number of hydrogen-bond acceptors (Lipinski definition) is 4. The van der Waals surface area contributed by atoms with Crippen LogP contribution in [0.15, 0.2) is 24.3 Å². The zero-order valence-electron chi connectivity index (χ0n) is 11.6. The lowest BCUT2D eigenvalue weighted by Gasteiger charge is -2.09. The quantitative estimate of drug-likeness (QED) is 0.729. The van der Waals surface area contributed by atoms with Crippen molar-refractivity contribution >= 4 is 17.4 Å². The average molecular weight is 274 g/mol. The number of carbonyl (C=O) groups excluding carboxylic acids is 1. The van der Waals surface area contributed by atoms with Crippen LogP contribution in [-0.4, -0.2) is 23.2 Å². The fraction of sp³-hybridized carbons (Fsp3) is 0.286. The lowest BCUT2D eigenvalue weighted by atomic mass is 10.1. The van der Waals surface area contributed by atoms with Crippen molar-refractivity contribution in [3.05, 3.63) is 35.5 Å². The van der Waals surface area contributed by atoms with E-state index >= 15 is 0 Å². The number of rotatable bonds is 5. The zero-order chi connectivity index (χ0) is 14.5. The molecule has 0 spiro atoms. The first-order valence-corrected chi connectivity index (χ1v) is 6.43. The number of aromatic amines is 1. The molecule has 0 unspecified atom stereocenters. The number of nitrogens with two attached hydrogens (primary N) is 1. The highest BCUT2D eigenvalue weighted by atomic mass is 16.5. The maximum atomic E-state index is 12.2. The number of H-pyrrole nitrogens is 1. The fourth-order valence-corrected chi connectivity index (χ4v) is 1.93. The molecule has 2 rings (SSSR count). The molecule has 106 valence electrons. The predicted octanol–water partition coefficient (Wildman–Crippen LogP) is 2.21. The molecule has 1 heterocycles. The van der Waals surface area contributed by atoms with Crippen molar-refractivity contribution in [2.45, 2.75) is 19.8 Å². The largest absolute Gasteiger partial charge is 0.495 e. The molecule has 6 heteroatoms. The molecule has 0 saturated heterocycles. The number of anilines is 2. The van der Waals surface area contributed by atoms with E-state index < -0.39 is 0 Å². The van der Waals surface area contributed by atoms with E-state index in [4.69, 9.17) is 10.5 Å². The number of nitrogen functional groups attached to an aromatic ring is 1. The fourth-order valence-electron chi connectivity index (χ4n) is 1.93. The SMILES string of the molecule is CCCc1cc(NC(=O)c2cccc(OC)c2N)n[nH]1. The standard InChI is InChI=1S/C14H18N4O2/c1-3-5-9-8-12(18-17-9)16-14(19)10-6-4-7-11(20-2)13(10)15/h4,6-8H,3,5,15H2,1-2H3,(H2,16,17,18,19). The molecule has 0 aliphatic carbocycles. The summed E-state index contributed by atoms with van der Waals surface area (Å²) in [7, 11) is 1.51. The summed E-state index contributed by atoms with van der Waals surface area (Å²) in [6, 6.07) is 6.89. The van der Waals surface area contributed by atoms with Crippen LogP contribution >= 0.6 is 0 Å². The Kier molecular flexibility index (Phi) is 4.24. The summed E-state index contributed by atoms with van der Waals surface area (Å²) in [5.41, 5.74) is 7.56. The van der Waals surface area contributed by atoms with Gasteiger partial charge in [0.05, 0.1) is 18.4 Å². The number of nitrogens with one attached hydrogen (secondary N) is 2. The third-order valence-corrected chi connectivity index (χ3v) is 2.92. The molecular weight excluding hydrogens is 256 g/mol. The van der Waals surface area contributed by atoms with E-state index in [1.54, 1.807) is 18.2 Å². The summed E-state index contributed by atoms with van der Waals surface area (Å²) in [4.78, 5) is 12.2. The first-order chi connectivity index (χ1) is 9.65. The van der Waals surface area contributed by atoms with Gasteiger partial charge < -0.3 is 15.8 Å². The highest BCUT2D eigenvalue weighted by Crippen LogP contribution is 2.25. The van der Waals surface area contributed by atoms with Gasteiger partial charge in [0, 0.05) is 11.8 Å². The van der Waals surface area contributed by atoms with Crippen LogP contribution in [0.4, 0.5) is 11.5 Å². The Hall–Kier alpha value is -2.50. The van der Waals surface area contributed by atoms with Gasteiger partial charge in [0.15, 0.2) is 5.82 Å². The van der Waals surface area contributed by atoms with E-state index in [1.807, 2.05) is 6.07 Å². The van der Waals surface area contributed by atoms with Crippen molar-refractivity contribution in [1.82, 2.24) is 10.2 Å². The normalized spacial score (nSPS) is 10.3. The van der Waals surface area contributed by atoms with E-state index in [1.165, 1.54) is 7.11 Å². The van der Waals surface area contributed by atoms with Gasteiger partial charge in [-0.2, -0.15) is 5.10 Å². The van der Waals surface area contributed by atoms with Gasteiger partial charge in [0.2, 0.25) is 0 Å². The Morgan fingerprint density at radius 1 is 1.50 bits per heavy atom. The molecule has 0 radical (unpaired) electrons. The van der Waals surface area contributed by atoms with Crippen LogP contribution in [0.3, 0.4) is 0 Å². The molecule has 0 fully saturated rings. The van der Waals surface area contributed by atoms with Crippen LogP contribution in [0.5, 0.6) is 5.75 Å². The number of benzene rings is 1. The number of amides is 1. The van der Waals surface area contributed by atoms with E-state index in [-0.39, 0.29) is 5.91 Å². The minimum atomic E-state index is -0.309. The molecule has 1 aromatic heterocycles. The molecule has 1 aromatic carbocycles. The number of carbonyl (C=O) groups is 1. The molecule has 6 nitrogen and oxygen atoms in total. The molecule has 0 aliphatic rings. The molecule has 2 aromatic rings. The van der Waals surface area contributed by atoms with Gasteiger partial charge in [0.25, 0.3) is 5.91 Å². The second kappa shape index (κ2) is 6.10. The third kappa shape index (κ3) is 2.90. The highest BCUT2D eigenvalue weighted by Gasteiger charge is 2.14. The van der Waals surface area contributed by atoms with Crippen molar-refractivity contribution in [3.8, 4) is 5.75 Å². The maximum absolute atomic E-state index is 12.2. The Morgan fingerprint density at radius 2 is 2.30 bits per heavy atom. The molecule has 0 aliphatic heterocycles. The van der Waals surface area contributed by atoms with Crippen molar-refractivity contribution in [1.29, 1.82) is 0 Å². The van der Waals surface area contributed by atoms with Gasteiger partial charge in [-0.15, -0.1) is 0 Å². The first-order valence-electron chi connectivity index (χ1n) is 6.43. The lowest BCUT2D eigenvalue weighted by Crippen LogP contribution is -2.14. The van der Waals surface area contributed by atoms with Gasteiger partial charge >= 0.3 is 0 Å². The van der Waals surface area contributed by atoms with Crippen molar-refractivity contribution in [2.24, 2.45) is 0 Å². The topological polar surface area (TPSA) is 93.0 Å². The number of ether oxygens (including phenoxy) is 1. The monoisotopic (exact) mass is 274 g/mol. The Labute approximate surface area is 117 Å². The van der Waals surface area contributed by atoms with Gasteiger partial charge in [-0.1, -0.05) is 19.4 Å². The molecule has 0 atom stereocenters. The minimum Gasteiger partial charge on any atom is -0.495 e. The highest BCUT2D eigenvalue weighted by molar-refractivity contribution is 6.08. The second-order valence-electron chi connectivity index (χ2n) is 4.40. The van der Waals surface area contributed by atoms with Gasteiger partial charge in [-0.3, -0.25) is 9.89 Å². The summed E-state index contributed by atoms with van der Waals surface area (Å²) in [6.07, 6.45) is 1.91. The molecule has 20 heavy (non-hydrogen) atoms. The van der Waals surface area contributed by atoms with Crippen LogP contribution in [0.25, 0.3) is 0 Å². The number of para-hydroxylation sites is 1. The van der Waals surface area contributed by atoms with E-state index in [2.05, 4.69) is 22.4 Å². The Morgan fingerprint density at radius 3 is 3.00 bits per heavy atom. The van der Waals surface area contributed by atoms with Crippen LogP contribution in [-0.2, 0) is 6.42 Å². The van der Waals surface area contributed by atoms with Gasteiger partial charge in [0.1, 0.15) is 5.75 Å². The lowest BCUT2D eigenvalue weighted by molar-refractivity contribution is 0.102. The van der Waals surface area contributed by atoms with Crippen LogP contribution < -0.4 is 15.8 Å². The Bertz CT molecular complexity index is 607. The number of methoxy groups -OCH3 is 1. The van der Waals surface area contributed by atoms with Crippen LogP contribution in [0, 0.1) is 0 Å². The summed E-state index contributed by atoms with van der Waals surface area (Å²) >= 11 is 0. The first kappa shape index (κ1) is 13.9. The van der Waals surface area contributed by atoms with E-state index in [0.717, 1.165) is 18.5 Å². The minimum absolute atomic E-state index is 0.309. The number of aryl methyl sites for hydroxylation is 1. The Balaban J connectivity index is 2.15. The summed E-state index contributed by atoms with van der Waals surface area (Å²) in [5.74, 6) is 0.656. The van der Waals surface area contributed by atoms with Crippen LogP contribution in [0.1, 0.15) is 29.4 Å². The zero-order valence-corrected chi connectivity index (χ0v) is 11.6. The van der Waals surface area contributed by atoms with Crippen molar-refractivity contribution in [2.75, 3.05) is 18.2 Å². The maximum Gasteiger partial charge on any atom is 0.259 e. The summed E-state index contributed by atoms with van der Waals surface area (Å²) in [6.45, 7) is 2.08. The van der Waals surface area contributed by atoms with E-state index in [0.29, 0.717) is 22.8 Å². The molecule has 0 bridgehead atoms. The molecule has 4 N–H and O–H groups in total. The number of aromatic nitrogens is 2. The van der Waals surface area contributed by atoms with Gasteiger partial charge in [-0.25, -0.2) is 0 Å². The number of nitrogens with zero attached hydrogens (tertiary/aromatic N) is 1. The van der Waals surface area contributed by atoms with Crippen molar-refractivity contribution in [3.63, 3.8) is 0 Å². The van der Waals surface area contributed by atoms with Crippen LogP contribution in [0.2, 0.25) is 0 Å².